The molecule has 0 amide bonds. The molecule has 0 saturated heterocycles. The first-order valence-electron chi connectivity index (χ1n) is 13.9. The Morgan fingerprint density at radius 1 is 0.750 bits per heavy atom. The third-order valence-corrected chi connectivity index (χ3v) is 21.2. The van der Waals surface area contributed by atoms with Crippen LogP contribution in [0.4, 0.5) is 0 Å². The van der Waals surface area contributed by atoms with E-state index in [9.17, 15) is 0 Å². The Morgan fingerprint density at radius 2 is 1.19 bits per heavy atom. The van der Waals surface area contributed by atoms with Gasteiger partial charge in [-0.25, -0.2) is 0 Å². The summed E-state index contributed by atoms with van der Waals surface area (Å²) >= 11 is 0. The van der Waals surface area contributed by atoms with Gasteiger partial charge in [-0.05, 0) is 59.4 Å². The van der Waals surface area contributed by atoms with Crippen molar-refractivity contribution in [2.45, 2.75) is 136 Å². The van der Waals surface area contributed by atoms with E-state index in [2.05, 4.69) is 132 Å². The second-order valence-electron chi connectivity index (χ2n) is 14.1. The maximum absolute atomic E-state index is 7.63. The molecule has 36 heavy (non-hydrogen) atoms. The Balaban J connectivity index is 3.81. The molecule has 0 aliphatic heterocycles. The van der Waals surface area contributed by atoms with Gasteiger partial charge >= 0.3 is 0 Å². The quantitative estimate of drug-likeness (QED) is 0.242. The van der Waals surface area contributed by atoms with Gasteiger partial charge in [0.2, 0.25) is 8.32 Å². The van der Waals surface area contributed by atoms with Gasteiger partial charge in [0.15, 0.2) is 8.32 Å². The third kappa shape index (κ3) is 7.92. The van der Waals surface area contributed by atoms with Gasteiger partial charge < -0.3 is 13.6 Å². The van der Waals surface area contributed by atoms with Gasteiger partial charge in [0.05, 0.1) is 27.4 Å². The van der Waals surface area contributed by atoms with Crippen molar-refractivity contribution in [1.82, 2.24) is 0 Å². The summed E-state index contributed by atoms with van der Waals surface area (Å²) in [4.78, 5) is 0. The molecule has 0 saturated carbocycles. The van der Waals surface area contributed by atoms with Gasteiger partial charge in [-0.15, -0.1) is 0 Å². The Bertz CT molecular complexity index is 822. The van der Waals surface area contributed by atoms with E-state index in [1.165, 1.54) is 10.8 Å². The van der Waals surface area contributed by atoms with Crippen LogP contribution in [-0.2, 0) is 8.85 Å². The fourth-order valence-corrected chi connectivity index (χ4v) is 14.2. The molecule has 0 fully saturated rings. The molecule has 0 unspecified atom stereocenters. The standard InChI is InChI=1S/C30H58O3Si3/c1-22(2)36(23(3)4,24(5)6)33-29(25(7)32-35(15,16)30(8,9)10)28(34(12,13)14)21-26-17-19-27(31-11)20-18-26/h17-25,29H,1-16H3/b28-21-/t25-,29-/m0/s1. The number of benzene rings is 1. The van der Waals surface area contributed by atoms with Gasteiger partial charge in [0.25, 0.3) is 0 Å². The molecule has 2 atom stereocenters. The normalized spacial score (nSPS) is 16.1. The summed E-state index contributed by atoms with van der Waals surface area (Å²) in [5, 5.41) is 1.59. The molecule has 0 radical (unpaired) electrons. The van der Waals surface area contributed by atoms with Crippen molar-refractivity contribution in [3.63, 3.8) is 0 Å². The number of rotatable bonds is 12. The molecule has 1 rings (SSSR count). The van der Waals surface area contributed by atoms with E-state index in [1.54, 1.807) is 7.11 Å². The minimum absolute atomic E-state index is 0.00904. The highest BCUT2D eigenvalue weighted by atomic mass is 28.4. The number of hydrogen-bond acceptors (Lipinski definition) is 3. The zero-order valence-corrected chi connectivity index (χ0v) is 29.5. The molecule has 0 N–H and O–H groups in total. The average Bonchev–Trinajstić information content (AvgIpc) is 2.71. The SMILES string of the molecule is COc1ccc(/C=C(/[C@@H](O[Si](C(C)C)(C(C)C)C(C)C)[C@H](C)O[Si](C)(C)C(C)(C)C)[Si](C)(C)C)cc1. The predicted octanol–water partition coefficient (Wildman–Crippen LogP) is 9.93. The van der Waals surface area contributed by atoms with E-state index in [-0.39, 0.29) is 17.2 Å². The third-order valence-electron chi connectivity index (χ3n) is 8.36. The fraction of sp³-hybridized carbons (Fsp3) is 0.733. The molecule has 0 bridgehead atoms. The first kappa shape index (κ1) is 33.4. The smallest absolute Gasteiger partial charge is 0.201 e. The molecule has 1 aromatic rings. The highest BCUT2D eigenvalue weighted by Crippen LogP contribution is 2.46. The van der Waals surface area contributed by atoms with Gasteiger partial charge in [0.1, 0.15) is 5.75 Å². The molecule has 1 aromatic carbocycles. The van der Waals surface area contributed by atoms with E-state index < -0.39 is 24.7 Å². The molecule has 0 heterocycles. The minimum Gasteiger partial charge on any atom is -0.497 e. The van der Waals surface area contributed by atoms with Crippen LogP contribution < -0.4 is 4.74 Å². The summed E-state index contributed by atoms with van der Waals surface area (Å²) in [6.07, 6.45) is 2.35. The zero-order valence-electron chi connectivity index (χ0n) is 26.5. The molecule has 6 heteroatoms. The summed E-state index contributed by atoms with van der Waals surface area (Å²) < 4.78 is 20.1. The van der Waals surface area contributed by atoms with Crippen LogP contribution in [0.1, 0.15) is 74.8 Å². The summed E-state index contributed by atoms with van der Waals surface area (Å²) in [5.74, 6) is 0.884. The van der Waals surface area contributed by atoms with Crippen molar-refractivity contribution in [2.75, 3.05) is 7.11 Å². The van der Waals surface area contributed by atoms with Gasteiger partial charge in [-0.3, -0.25) is 0 Å². The summed E-state index contributed by atoms with van der Waals surface area (Å²) in [6, 6.07) is 8.42. The first-order chi connectivity index (χ1) is 16.2. The largest absolute Gasteiger partial charge is 0.497 e. The lowest BCUT2D eigenvalue weighted by Gasteiger charge is -2.49. The topological polar surface area (TPSA) is 27.7 Å². The van der Waals surface area contributed by atoms with Crippen molar-refractivity contribution in [3.8, 4) is 5.75 Å². The number of ether oxygens (including phenoxy) is 1. The first-order valence-corrected chi connectivity index (χ1v) is 22.5. The monoisotopic (exact) mass is 550 g/mol. The molecule has 208 valence electrons. The highest BCUT2D eigenvalue weighted by molar-refractivity contribution is 6.84. The average molecular weight is 551 g/mol. The molecular formula is C30H58O3Si3. The van der Waals surface area contributed by atoms with Crippen molar-refractivity contribution < 1.29 is 13.6 Å². The van der Waals surface area contributed by atoms with Crippen molar-refractivity contribution in [2.24, 2.45) is 0 Å². The van der Waals surface area contributed by atoms with Gasteiger partial charge in [-0.1, -0.05) is 105 Å². The van der Waals surface area contributed by atoms with Crippen LogP contribution in [0.3, 0.4) is 0 Å². The van der Waals surface area contributed by atoms with E-state index in [1.807, 2.05) is 0 Å². The van der Waals surface area contributed by atoms with E-state index in [0.717, 1.165) is 5.75 Å². The van der Waals surface area contributed by atoms with E-state index >= 15 is 0 Å². The highest BCUT2D eigenvalue weighted by Gasteiger charge is 2.50. The lowest BCUT2D eigenvalue weighted by molar-refractivity contribution is 0.0699. The second-order valence-corrected chi connectivity index (χ2v) is 29.3. The fourth-order valence-electron chi connectivity index (χ4n) is 5.35. The molecule has 3 nitrogen and oxygen atoms in total. The minimum atomic E-state index is -2.15. The number of hydrogen-bond donors (Lipinski definition) is 0. The maximum atomic E-state index is 7.63. The number of methoxy groups -OCH3 is 1. The lowest BCUT2D eigenvalue weighted by Crippen LogP contribution is -2.56. The Labute approximate surface area is 227 Å². The molecule has 0 aliphatic carbocycles. The second kappa shape index (κ2) is 12.5. The molecular weight excluding hydrogens is 493 g/mol. The van der Waals surface area contributed by atoms with Crippen molar-refractivity contribution in [1.29, 1.82) is 0 Å². The van der Waals surface area contributed by atoms with Crippen molar-refractivity contribution >= 4 is 30.8 Å². The van der Waals surface area contributed by atoms with Crippen LogP contribution in [0, 0.1) is 0 Å². The Hall–Kier alpha value is -0.669. The molecule has 0 aliphatic rings. The maximum Gasteiger partial charge on any atom is 0.201 e. The van der Waals surface area contributed by atoms with Gasteiger partial charge in [0, 0.05) is 0 Å². The predicted molar refractivity (Wildman–Crippen MR) is 168 cm³/mol. The summed E-state index contributed by atoms with van der Waals surface area (Å²) in [5.41, 5.74) is 2.75. The lowest BCUT2D eigenvalue weighted by atomic mass is 10.1. The van der Waals surface area contributed by atoms with Gasteiger partial charge in [-0.2, -0.15) is 0 Å². The summed E-state index contributed by atoms with van der Waals surface area (Å²) in [7, 11) is -4.20. The van der Waals surface area contributed by atoms with Crippen molar-refractivity contribution in [3.05, 3.63) is 35.0 Å². The molecule has 0 aromatic heterocycles. The van der Waals surface area contributed by atoms with Crippen LogP contribution in [0.15, 0.2) is 29.5 Å². The van der Waals surface area contributed by atoms with Crippen LogP contribution in [0.5, 0.6) is 5.75 Å². The van der Waals surface area contributed by atoms with E-state index in [0.29, 0.717) is 16.6 Å². The Morgan fingerprint density at radius 3 is 1.53 bits per heavy atom. The Kier molecular flexibility index (Phi) is 11.5. The molecule has 0 spiro atoms. The van der Waals surface area contributed by atoms with Crippen LogP contribution in [0.2, 0.25) is 54.4 Å². The van der Waals surface area contributed by atoms with Crippen LogP contribution in [0.25, 0.3) is 6.08 Å². The zero-order chi connectivity index (χ0) is 28.3. The summed E-state index contributed by atoms with van der Waals surface area (Å²) in [6.45, 7) is 35.6. The van der Waals surface area contributed by atoms with E-state index in [4.69, 9.17) is 13.6 Å². The van der Waals surface area contributed by atoms with Crippen LogP contribution >= 0.6 is 0 Å². The van der Waals surface area contributed by atoms with Crippen LogP contribution in [-0.4, -0.2) is 44.0 Å².